The van der Waals surface area contributed by atoms with E-state index in [0.717, 1.165) is 18.6 Å². The smallest absolute Gasteiger partial charge is 0.181 e. The molecular weight excluding hydrogens is 272 g/mol. The van der Waals surface area contributed by atoms with Gasteiger partial charge in [0.05, 0.1) is 5.75 Å². The fraction of sp³-hybridized carbons (Fsp3) is 0.538. The highest BCUT2D eigenvalue weighted by Crippen LogP contribution is 2.18. The summed E-state index contributed by atoms with van der Waals surface area (Å²) in [6, 6.07) is 2.79. The van der Waals surface area contributed by atoms with E-state index >= 15 is 0 Å². The van der Waals surface area contributed by atoms with Gasteiger partial charge < -0.3 is 5.32 Å². The lowest BCUT2D eigenvalue weighted by Gasteiger charge is -2.13. The molecule has 1 N–H and O–H groups in total. The largest absolute Gasteiger partial charge is 0.317 e. The number of nitrogens with one attached hydrogen (secondary N) is 1. The Morgan fingerprint density at radius 2 is 2.00 bits per heavy atom. The SMILES string of the molecule is CCC(CCCS(=O)(=O)c1ccc(F)cc1F)NC. The molecule has 1 atom stereocenters. The Balaban J connectivity index is 2.71. The van der Waals surface area contributed by atoms with Gasteiger partial charge in [-0.2, -0.15) is 0 Å². The first-order valence-electron chi connectivity index (χ1n) is 6.25. The number of halogens is 2. The molecule has 1 aromatic carbocycles. The Kier molecular flexibility index (Phi) is 5.87. The molecule has 0 heterocycles. The molecule has 0 aromatic heterocycles. The average molecular weight is 291 g/mol. The summed E-state index contributed by atoms with van der Waals surface area (Å²) < 4.78 is 50.1. The van der Waals surface area contributed by atoms with Crippen molar-refractivity contribution in [3.63, 3.8) is 0 Å². The second-order valence-corrected chi connectivity index (χ2v) is 6.51. The Morgan fingerprint density at radius 3 is 2.53 bits per heavy atom. The van der Waals surface area contributed by atoms with Crippen molar-refractivity contribution in [3.05, 3.63) is 29.8 Å². The van der Waals surface area contributed by atoms with Crippen LogP contribution in [0.1, 0.15) is 26.2 Å². The highest BCUT2D eigenvalue weighted by Gasteiger charge is 2.19. The Hall–Kier alpha value is -1.01. The first-order chi connectivity index (χ1) is 8.90. The van der Waals surface area contributed by atoms with Gasteiger partial charge in [0, 0.05) is 12.1 Å². The van der Waals surface area contributed by atoms with Crippen LogP contribution in [-0.4, -0.2) is 27.3 Å². The Morgan fingerprint density at radius 1 is 1.32 bits per heavy atom. The van der Waals surface area contributed by atoms with Crippen molar-refractivity contribution < 1.29 is 17.2 Å². The van der Waals surface area contributed by atoms with Gasteiger partial charge in [0.25, 0.3) is 0 Å². The summed E-state index contributed by atoms with van der Waals surface area (Å²) in [5, 5.41) is 3.08. The molecular formula is C13H19F2NO2S. The monoisotopic (exact) mass is 291 g/mol. The molecule has 1 aromatic rings. The van der Waals surface area contributed by atoms with Crippen molar-refractivity contribution in [3.8, 4) is 0 Å². The van der Waals surface area contributed by atoms with Crippen molar-refractivity contribution in [1.29, 1.82) is 0 Å². The van der Waals surface area contributed by atoms with Crippen molar-refractivity contribution in [2.45, 2.75) is 37.1 Å². The molecule has 0 radical (unpaired) electrons. The number of sulfone groups is 1. The highest BCUT2D eigenvalue weighted by molar-refractivity contribution is 7.91. The zero-order valence-electron chi connectivity index (χ0n) is 11.1. The van der Waals surface area contributed by atoms with Crippen LogP contribution in [0.2, 0.25) is 0 Å². The second kappa shape index (κ2) is 6.96. The molecule has 3 nitrogen and oxygen atoms in total. The van der Waals surface area contributed by atoms with Crippen LogP contribution >= 0.6 is 0 Å². The van der Waals surface area contributed by atoms with E-state index in [0.29, 0.717) is 18.9 Å². The van der Waals surface area contributed by atoms with E-state index in [1.165, 1.54) is 0 Å². The number of hydrogen-bond donors (Lipinski definition) is 1. The van der Waals surface area contributed by atoms with Gasteiger partial charge in [-0.15, -0.1) is 0 Å². The molecule has 0 saturated carbocycles. The molecule has 0 amide bonds. The van der Waals surface area contributed by atoms with E-state index in [4.69, 9.17) is 0 Å². The predicted octanol–water partition coefficient (Wildman–Crippen LogP) is 2.52. The quantitative estimate of drug-likeness (QED) is 0.785. The second-order valence-electron chi connectivity index (χ2n) is 4.43. The first kappa shape index (κ1) is 16.0. The maximum atomic E-state index is 13.4. The molecule has 19 heavy (non-hydrogen) atoms. The third kappa shape index (κ3) is 4.54. The van der Waals surface area contributed by atoms with E-state index < -0.39 is 26.4 Å². The first-order valence-corrected chi connectivity index (χ1v) is 7.91. The standard InChI is InChI=1S/C13H19F2NO2S/c1-3-11(16-2)5-4-8-19(17,18)13-7-6-10(14)9-12(13)15/h6-7,9,11,16H,3-5,8H2,1-2H3. The van der Waals surface area contributed by atoms with E-state index in [1.807, 2.05) is 14.0 Å². The Bertz CT molecular complexity index is 513. The van der Waals surface area contributed by atoms with Crippen LogP contribution in [0.4, 0.5) is 8.78 Å². The fourth-order valence-corrected chi connectivity index (χ4v) is 3.31. The number of rotatable bonds is 7. The topological polar surface area (TPSA) is 46.2 Å². The molecule has 0 bridgehead atoms. The van der Waals surface area contributed by atoms with Crippen LogP contribution in [0.25, 0.3) is 0 Å². The van der Waals surface area contributed by atoms with Crippen LogP contribution in [0.3, 0.4) is 0 Å². The minimum Gasteiger partial charge on any atom is -0.317 e. The van der Waals surface area contributed by atoms with Gasteiger partial charge >= 0.3 is 0 Å². The average Bonchev–Trinajstić information content (AvgIpc) is 2.34. The molecule has 0 aliphatic carbocycles. The lowest BCUT2D eigenvalue weighted by molar-refractivity contribution is 0.499. The summed E-state index contributed by atoms with van der Waals surface area (Å²) in [5.74, 6) is -1.94. The molecule has 0 fully saturated rings. The summed E-state index contributed by atoms with van der Waals surface area (Å²) in [5.41, 5.74) is 0. The van der Waals surface area contributed by atoms with E-state index in [2.05, 4.69) is 5.32 Å². The van der Waals surface area contributed by atoms with E-state index in [-0.39, 0.29) is 11.8 Å². The van der Waals surface area contributed by atoms with Crippen molar-refractivity contribution >= 4 is 9.84 Å². The maximum Gasteiger partial charge on any atom is 0.181 e. The molecule has 0 aliphatic rings. The molecule has 0 aliphatic heterocycles. The molecule has 108 valence electrons. The normalized spacial score (nSPS) is 13.5. The van der Waals surface area contributed by atoms with Crippen molar-refractivity contribution in [2.75, 3.05) is 12.8 Å². The van der Waals surface area contributed by atoms with Gasteiger partial charge in [0.1, 0.15) is 16.5 Å². The molecule has 6 heteroatoms. The zero-order chi connectivity index (χ0) is 14.5. The van der Waals surface area contributed by atoms with Gasteiger partial charge in [-0.3, -0.25) is 0 Å². The minimum absolute atomic E-state index is 0.131. The van der Waals surface area contributed by atoms with Crippen LogP contribution in [-0.2, 0) is 9.84 Å². The third-order valence-electron chi connectivity index (χ3n) is 3.10. The minimum atomic E-state index is -3.69. The van der Waals surface area contributed by atoms with Crippen molar-refractivity contribution in [1.82, 2.24) is 5.32 Å². The summed E-state index contributed by atoms with van der Waals surface area (Å²) in [6.07, 6.45) is 2.05. The summed E-state index contributed by atoms with van der Waals surface area (Å²) in [6.45, 7) is 2.01. The fourth-order valence-electron chi connectivity index (χ4n) is 1.91. The van der Waals surface area contributed by atoms with Gasteiger partial charge in [-0.05, 0) is 38.4 Å². The van der Waals surface area contributed by atoms with Crippen LogP contribution in [0.15, 0.2) is 23.1 Å². The summed E-state index contributed by atoms with van der Waals surface area (Å²) in [4.78, 5) is -0.425. The molecule has 1 rings (SSSR count). The van der Waals surface area contributed by atoms with Crippen molar-refractivity contribution in [2.24, 2.45) is 0 Å². The van der Waals surface area contributed by atoms with E-state index in [9.17, 15) is 17.2 Å². The van der Waals surface area contributed by atoms with Gasteiger partial charge in [0.15, 0.2) is 9.84 Å². The third-order valence-corrected chi connectivity index (χ3v) is 4.92. The van der Waals surface area contributed by atoms with Gasteiger partial charge in [0.2, 0.25) is 0 Å². The lowest BCUT2D eigenvalue weighted by atomic mass is 10.1. The summed E-state index contributed by atoms with van der Waals surface area (Å²) in [7, 11) is -1.87. The maximum absolute atomic E-state index is 13.4. The predicted molar refractivity (Wildman–Crippen MR) is 70.8 cm³/mol. The van der Waals surface area contributed by atoms with Crippen LogP contribution in [0, 0.1) is 11.6 Å². The summed E-state index contributed by atoms with van der Waals surface area (Å²) >= 11 is 0. The number of hydrogen-bond acceptors (Lipinski definition) is 3. The van der Waals surface area contributed by atoms with Crippen LogP contribution < -0.4 is 5.32 Å². The lowest BCUT2D eigenvalue weighted by Crippen LogP contribution is -2.24. The van der Waals surface area contributed by atoms with Gasteiger partial charge in [-0.1, -0.05) is 6.92 Å². The number of benzene rings is 1. The molecule has 0 spiro atoms. The van der Waals surface area contributed by atoms with Crippen LogP contribution in [0.5, 0.6) is 0 Å². The zero-order valence-corrected chi connectivity index (χ0v) is 11.9. The Labute approximate surface area is 112 Å². The van der Waals surface area contributed by atoms with Gasteiger partial charge in [-0.25, -0.2) is 17.2 Å². The molecule has 0 saturated heterocycles. The molecule has 1 unspecified atom stereocenters. The highest BCUT2D eigenvalue weighted by atomic mass is 32.2. The van der Waals surface area contributed by atoms with E-state index in [1.54, 1.807) is 0 Å².